The number of ether oxygens (including phenoxy) is 1. The molecule has 1 aromatic rings. The molecule has 118 valence electrons. The standard InChI is InChI=1S/C18H24N2O2/c1-14-7-12-22-18(13-14)8-10-20(11-9-18)17(21)16(19)15-5-3-2-4-6-15/h2-6,13,16H,7-12,19H2,1H3/t16-/m0/s1. The number of hydrogen-bond acceptors (Lipinski definition) is 3. The number of hydrogen-bond donors (Lipinski definition) is 1. The van der Waals surface area contributed by atoms with Gasteiger partial charge in [-0.25, -0.2) is 0 Å². The molecule has 1 spiro atoms. The quantitative estimate of drug-likeness (QED) is 0.853. The number of carbonyl (C=O) groups is 1. The Kier molecular flexibility index (Phi) is 4.32. The lowest BCUT2D eigenvalue weighted by Crippen LogP contribution is -2.50. The Morgan fingerprint density at radius 1 is 1.27 bits per heavy atom. The third kappa shape index (κ3) is 3.08. The lowest BCUT2D eigenvalue weighted by molar-refractivity contribution is -0.137. The van der Waals surface area contributed by atoms with Crippen LogP contribution in [-0.2, 0) is 9.53 Å². The van der Waals surface area contributed by atoms with Gasteiger partial charge in [-0.1, -0.05) is 42.0 Å². The zero-order valence-corrected chi connectivity index (χ0v) is 13.1. The van der Waals surface area contributed by atoms with Crippen LogP contribution in [-0.4, -0.2) is 36.1 Å². The van der Waals surface area contributed by atoms with E-state index in [1.807, 2.05) is 35.2 Å². The van der Waals surface area contributed by atoms with E-state index in [4.69, 9.17) is 10.5 Å². The van der Waals surface area contributed by atoms with Crippen molar-refractivity contribution < 1.29 is 9.53 Å². The van der Waals surface area contributed by atoms with E-state index in [1.165, 1.54) is 5.57 Å². The normalized spacial score (nSPS) is 22.3. The van der Waals surface area contributed by atoms with Crippen LogP contribution in [0.25, 0.3) is 0 Å². The largest absolute Gasteiger partial charge is 0.370 e. The van der Waals surface area contributed by atoms with Crippen LogP contribution < -0.4 is 5.73 Å². The number of piperidine rings is 1. The van der Waals surface area contributed by atoms with Gasteiger partial charge in [0, 0.05) is 13.1 Å². The van der Waals surface area contributed by atoms with Gasteiger partial charge in [0.05, 0.1) is 12.2 Å². The minimum absolute atomic E-state index is 0.0116. The summed E-state index contributed by atoms with van der Waals surface area (Å²) in [7, 11) is 0. The van der Waals surface area contributed by atoms with Crippen LogP contribution >= 0.6 is 0 Å². The third-order valence-corrected chi connectivity index (χ3v) is 4.74. The van der Waals surface area contributed by atoms with Gasteiger partial charge in [-0.15, -0.1) is 0 Å². The zero-order chi connectivity index (χ0) is 15.6. The van der Waals surface area contributed by atoms with Crippen LogP contribution in [0.2, 0.25) is 0 Å². The summed E-state index contributed by atoms with van der Waals surface area (Å²) >= 11 is 0. The number of carbonyl (C=O) groups excluding carboxylic acids is 1. The lowest BCUT2D eigenvalue weighted by Gasteiger charge is -2.42. The van der Waals surface area contributed by atoms with Gasteiger partial charge in [0.2, 0.25) is 5.91 Å². The van der Waals surface area contributed by atoms with E-state index in [0.29, 0.717) is 13.1 Å². The molecule has 2 N–H and O–H groups in total. The van der Waals surface area contributed by atoms with Gasteiger partial charge >= 0.3 is 0 Å². The fourth-order valence-electron chi connectivity index (χ4n) is 3.37. The molecule has 2 aliphatic heterocycles. The van der Waals surface area contributed by atoms with Crippen LogP contribution in [0.4, 0.5) is 0 Å². The van der Waals surface area contributed by atoms with Crippen molar-refractivity contribution in [1.82, 2.24) is 4.90 Å². The van der Waals surface area contributed by atoms with Crippen LogP contribution in [0.15, 0.2) is 42.0 Å². The van der Waals surface area contributed by atoms with E-state index in [9.17, 15) is 4.79 Å². The van der Waals surface area contributed by atoms with Gasteiger partial charge in [0.25, 0.3) is 0 Å². The summed E-state index contributed by atoms with van der Waals surface area (Å²) < 4.78 is 6.00. The summed E-state index contributed by atoms with van der Waals surface area (Å²) in [6.45, 7) is 4.37. The average molecular weight is 300 g/mol. The Morgan fingerprint density at radius 3 is 2.59 bits per heavy atom. The molecule has 2 heterocycles. The summed E-state index contributed by atoms with van der Waals surface area (Å²) in [4.78, 5) is 14.5. The molecule has 22 heavy (non-hydrogen) atoms. The summed E-state index contributed by atoms with van der Waals surface area (Å²) in [5, 5.41) is 0. The lowest BCUT2D eigenvalue weighted by atomic mass is 9.86. The first-order chi connectivity index (χ1) is 10.6. The molecule has 3 rings (SSSR count). The van der Waals surface area contributed by atoms with Crippen molar-refractivity contribution in [3.8, 4) is 0 Å². The molecule has 0 radical (unpaired) electrons. The molecule has 0 aromatic heterocycles. The summed E-state index contributed by atoms with van der Waals surface area (Å²) in [5.41, 5.74) is 8.24. The second-order valence-corrected chi connectivity index (χ2v) is 6.37. The Morgan fingerprint density at radius 2 is 1.95 bits per heavy atom. The fraction of sp³-hybridized carbons (Fsp3) is 0.500. The molecule has 0 aliphatic carbocycles. The molecule has 4 nitrogen and oxygen atoms in total. The van der Waals surface area contributed by atoms with Crippen molar-refractivity contribution in [3.05, 3.63) is 47.5 Å². The van der Waals surface area contributed by atoms with Crippen LogP contribution in [0.1, 0.15) is 37.8 Å². The van der Waals surface area contributed by atoms with E-state index < -0.39 is 6.04 Å². The maximum absolute atomic E-state index is 12.6. The highest BCUT2D eigenvalue weighted by Crippen LogP contribution is 2.33. The summed E-state index contributed by atoms with van der Waals surface area (Å²) in [5.74, 6) is 0.0116. The predicted octanol–water partition coefficient (Wildman–Crippen LogP) is 2.41. The third-order valence-electron chi connectivity index (χ3n) is 4.74. The summed E-state index contributed by atoms with van der Waals surface area (Å²) in [6, 6.07) is 9.00. The molecule has 1 amide bonds. The van der Waals surface area contributed by atoms with Crippen LogP contribution in [0.3, 0.4) is 0 Å². The molecule has 0 saturated carbocycles. The Hall–Kier alpha value is -1.65. The van der Waals surface area contributed by atoms with Gasteiger partial charge in [-0.05, 0) is 31.7 Å². The van der Waals surface area contributed by atoms with Gasteiger partial charge in [0.15, 0.2) is 0 Å². The first-order valence-corrected chi connectivity index (χ1v) is 8.01. The number of likely N-dealkylation sites (tertiary alicyclic amines) is 1. The highest BCUT2D eigenvalue weighted by atomic mass is 16.5. The molecule has 1 saturated heterocycles. The molecule has 0 bridgehead atoms. The van der Waals surface area contributed by atoms with Crippen LogP contribution in [0.5, 0.6) is 0 Å². The zero-order valence-electron chi connectivity index (χ0n) is 13.1. The van der Waals surface area contributed by atoms with Gasteiger partial charge in [-0.3, -0.25) is 4.79 Å². The second-order valence-electron chi connectivity index (χ2n) is 6.37. The number of rotatable bonds is 2. The molecular weight excluding hydrogens is 276 g/mol. The monoisotopic (exact) mass is 300 g/mol. The van der Waals surface area contributed by atoms with Crippen molar-refractivity contribution >= 4 is 5.91 Å². The van der Waals surface area contributed by atoms with Crippen LogP contribution in [0, 0.1) is 0 Å². The number of amides is 1. The number of nitrogens with zero attached hydrogens (tertiary/aromatic N) is 1. The van der Waals surface area contributed by atoms with Gasteiger partial charge in [-0.2, -0.15) is 0 Å². The van der Waals surface area contributed by atoms with Crippen molar-refractivity contribution in [1.29, 1.82) is 0 Å². The molecular formula is C18H24N2O2. The van der Waals surface area contributed by atoms with E-state index in [0.717, 1.165) is 31.4 Å². The fourth-order valence-corrected chi connectivity index (χ4v) is 3.37. The highest BCUT2D eigenvalue weighted by Gasteiger charge is 2.37. The van der Waals surface area contributed by atoms with Gasteiger partial charge < -0.3 is 15.4 Å². The van der Waals surface area contributed by atoms with Crippen molar-refractivity contribution in [2.45, 2.75) is 37.8 Å². The molecule has 0 unspecified atom stereocenters. The maximum Gasteiger partial charge on any atom is 0.244 e. The highest BCUT2D eigenvalue weighted by molar-refractivity contribution is 5.83. The Labute approximate surface area is 131 Å². The van der Waals surface area contributed by atoms with Gasteiger partial charge in [0.1, 0.15) is 6.04 Å². The topological polar surface area (TPSA) is 55.6 Å². The Balaban J connectivity index is 1.64. The minimum atomic E-state index is -0.570. The van der Waals surface area contributed by atoms with E-state index in [-0.39, 0.29) is 11.5 Å². The Bertz CT molecular complexity index is 560. The SMILES string of the molecule is CC1=CC2(CCN(C(=O)[C@@H](N)c3ccccc3)CC2)OCC1. The molecule has 1 aromatic carbocycles. The molecule has 4 heteroatoms. The van der Waals surface area contributed by atoms with Crippen molar-refractivity contribution in [3.63, 3.8) is 0 Å². The first kappa shape index (κ1) is 15.3. The number of nitrogens with two attached hydrogens (primary N) is 1. The molecule has 1 fully saturated rings. The number of benzene rings is 1. The average Bonchev–Trinajstić information content (AvgIpc) is 2.55. The van der Waals surface area contributed by atoms with E-state index >= 15 is 0 Å². The summed E-state index contributed by atoms with van der Waals surface area (Å²) in [6.07, 6.45) is 4.99. The van der Waals surface area contributed by atoms with Crippen molar-refractivity contribution in [2.75, 3.05) is 19.7 Å². The second kappa shape index (κ2) is 6.23. The van der Waals surface area contributed by atoms with E-state index in [2.05, 4.69) is 13.0 Å². The molecule has 1 atom stereocenters. The van der Waals surface area contributed by atoms with E-state index in [1.54, 1.807) is 0 Å². The van der Waals surface area contributed by atoms with Crippen molar-refractivity contribution in [2.24, 2.45) is 5.73 Å². The first-order valence-electron chi connectivity index (χ1n) is 8.01. The predicted molar refractivity (Wildman–Crippen MR) is 86.2 cm³/mol. The maximum atomic E-state index is 12.6. The minimum Gasteiger partial charge on any atom is -0.370 e. The molecule has 2 aliphatic rings. The smallest absolute Gasteiger partial charge is 0.244 e.